The summed E-state index contributed by atoms with van der Waals surface area (Å²) < 4.78 is 16.9. The molecule has 0 unspecified atom stereocenters. The Hall–Kier alpha value is -2.69. The van der Waals surface area contributed by atoms with Gasteiger partial charge in [-0.2, -0.15) is 0 Å². The lowest BCUT2D eigenvalue weighted by Crippen LogP contribution is -2.26. The molecule has 1 amide bonds. The number of furan rings is 2. The molecule has 1 aromatic carbocycles. The summed E-state index contributed by atoms with van der Waals surface area (Å²) in [5, 5.41) is 3.90. The highest BCUT2D eigenvalue weighted by Gasteiger charge is 2.19. The van der Waals surface area contributed by atoms with Crippen molar-refractivity contribution in [3.05, 3.63) is 53.2 Å². The molecule has 0 radical (unpaired) electrons. The van der Waals surface area contributed by atoms with Crippen molar-refractivity contribution >= 4 is 16.9 Å². The summed E-state index contributed by atoms with van der Waals surface area (Å²) in [4.78, 5) is 12.4. The van der Waals surface area contributed by atoms with E-state index in [1.165, 1.54) is 0 Å². The van der Waals surface area contributed by atoms with E-state index in [9.17, 15) is 4.79 Å². The monoisotopic (exact) mass is 327 g/mol. The molecular weight excluding hydrogens is 306 g/mol. The highest BCUT2D eigenvalue weighted by atomic mass is 16.5. The van der Waals surface area contributed by atoms with E-state index in [2.05, 4.69) is 5.32 Å². The second kappa shape index (κ2) is 6.43. The molecule has 5 heteroatoms. The lowest BCUT2D eigenvalue weighted by Gasteiger charge is -2.10. The second-order valence-corrected chi connectivity index (χ2v) is 5.78. The van der Waals surface area contributed by atoms with Crippen molar-refractivity contribution in [1.29, 1.82) is 0 Å². The number of benzene rings is 1. The third kappa shape index (κ3) is 3.02. The van der Waals surface area contributed by atoms with Crippen LogP contribution < -0.4 is 10.1 Å². The first kappa shape index (κ1) is 16.2. The predicted molar refractivity (Wildman–Crippen MR) is 91.4 cm³/mol. The quantitative estimate of drug-likeness (QED) is 0.747. The van der Waals surface area contributed by atoms with Gasteiger partial charge in [-0.3, -0.25) is 4.79 Å². The minimum absolute atomic E-state index is 0.178. The maximum absolute atomic E-state index is 12.4. The first-order chi connectivity index (χ1) is 11.5. The molecule has 0 fully saturated rings. The van der Waals surface area contributed by atoms with Crippen LogP contribution >= 0.6 is 0 Å². The number of carbonyl (C=O) groups excluding carboxylic acids is 1. The number of fused-ring (bicyclic) bond motifs is 1. The van der Waals surface area contributed by atoms with Crippen molar-refractivity contribution in [2.24, 2.45) is 0 Å². The molecule has 1 atom stereocenters. The molecule has 0 spiro atoms. The second-order valence-electron chi connectivity index (χ2n) is 5.78. The van der Waals surface area contributed by atoms with Gasteiger partial charge in [0.1, 0.15) is 17.3 Å². The summed E-state index contributed by atoms with van der Waals surface area (Å²) in [6.45, 7) is 7.99. The smallest absolute Gasteiger partial charge is 0.255 e. The number of nitrogens with one attached hydrogen (secondary N) is 1. The van der Waals surface area contributed by atoms with Crippen molar-refractivity contribution in [1.82, 2.24) is 5.32 Å². The van der Waals surface area contributed by atoms with Crippen molar-refractivity contribution in [2.75, 3.05) is 6.61 Å². The maximum atomic E-state index is 12.4. The zero-order chi connectivity index (χ0) is 17.3. The molecule has 3 aromatic rings. The van der Waals surface area contributed by atoms with Gasteiger partial charge in [0.2, 0.25) is 0 Å². The summed E-state index contributed by atoms with van der Waals surface area (Å²) in [5.41, 5.74) is 1.25. The van der Waals surface area contributed by atoms with Crippen LogP contribution in [0.2, 0.25) is 0 Å². The van der Waals surface area contributed by atoms with Gasteiger partial charge in [0.15, 0.2) is 11.3 Å². The average Bonchev–Trinajstić information content (AvgIpc) is 3.11. The van der Waals surface area contributed by atoms with Crippen LogP contribution in [-0.4, -0.2) is 12.5 Å². The predicted octanol–water partition coefficient (Wildman–Crippen LogP) is 4.53. The van der Waals surface area contributed by atoms with Crippen molar-refractivity contribution in [2.45, 2.75) is 33.7 Å². The van der Waals surface area contributed by atoms with Crippen LogP contribution in [0.3, 0.4) is 0 Å². The van der Waals surface area contributed by atoms with E-state index in [0.29, 0.717) is 35.0 Å². The standard InChI is InChI=1S/C19H21NO4/c1-5-22-16-8-6-7-14-10-17(24-18(14)16)12(3)20-19(21)15-9-11(2)23-13(15)4/h6-10,12H,5H2,1-4H3,(H,20,21)/t12-/m0/s1. The van der Waals surface area contributed by atoms with Crippen molar-refractivity contribution in [3.63, 3.8) is 0 Å². The molecule has 0 aliphatic heterocycles. The van der Waals surface area contributed by atoms with Crippen LogP contribution in [0.1, 0.15) is 47.5 Å². The number of para-hydroxylation sites is 1. The third-order valence-corrected chi connectivity index (χ3v) is 3.89. The van der Waals surface area contributed by atoms with Gasteiger partial charge in [0.25, 0.3) is 5.91 Å². The van der Waals surface area contributed by atoms with E-state index in [-0.39, 0.29) is 11.9 Å². The average molecular weight is 327 g/mol. The molecule has 0 aliphatic rings. The third-order valence-electron chi connectivity index (χ3n) is 3.89. The number of rotatable bonds is 5. The Bertz CT molecular complexity index is 875. The highest BCUT2D eigenvalue weighted by Crippen LogP contribution is 2.31. The molecule has 2 heterocycles. The molecule has 24 heavy (non-hydrogen) atoms. The summed E-state index contributed by atoms with van der Waals surface area (Å²) in [7, 11) is 0. The number of aryl methyl sites for hydroxylation is 2. The van der Waals surface area contributed by atoms with Gasteiger partial charge < -0.3 is 18.9 Å². The van der Waals surface area contributed by atoms with Crippen LogP contribution in [0.15, 0.2) is 39.2 Å². The summed E-state index contributed by atoms with van der Waals surface area (Å²) in [6.07, 6.45) is 0. The molecule has 5 nitrogen and oxygen atoms in total. The van der Waals surface area contributed by atoms with Crippen LogP contribution in [0, 0.1) is 13.8 Å². The van der Waals surface area contributed by atoms with Gasteiger partial charge in [-0.1, -0.05) is 12.1 Å². The Kier molecular flexibility index (Phi) is 4.34. The molecule has 3 rings (SSSR count). The molecule has 0 saturated heterocycles. The fraction of sp³-hybridized carbons (Fsp3) is 0.316. The van der Waals surface area contributed by atoms with E-state index in [1.807, 2.05) is 45.0 Å². The van der Waals surface area contributed by atoms with Crippen LogP contribution in [0.5, 0.6) is 5.75 Å². The molecule has 0 bridgehead atoms. The van der Waals surface area contributed by atoms with E-state index in [0.717, 1.165) is 11.1 Å². The van der Waals surface area contributed by atoms with Gasteiger partial charge in [-0.25, -0.2) is 0 Å². The van der Waals surface area contributed by atoms with Crippen molar-refractivity contribution < 1.29 is 18.4 Å². The zero-order valence-corrected chi connectivity index (χ0v) is 14.3. The molecular formula is C19H21NO4. The summed E-state index contributed by atoms with van der Waals surface area (Å²) >= 11 is 0. The lowest BCUT2D eigenvalue weighted by atomic mass is 10.2. The number of hydrogen-bond donors (Lipinski definition) is 1. The van der Waals surface area contributed by atoms with Crippen LogP contribution in [-0.2, 0) is 0 Å². The Morgan fingerprint density at radius 2 is 2.04 bits per heavy atom. The Labute approximate surface area is 140 Å². The first-order valence-electron chi connectivity index (χ1n) is 8.02. The van der Waals surface area contributed by atoms with Gasteiger partial charge in [0, 0.05) is 5.39 Å². The van der Waals surface area contributed by atoms with E-state index < -0.39 is 0 Å². The molecule has 126 valence electrons. The minimum atomic E-state index is -0.269. The fourth-order valence-electron chi connectivity index (χ4n) is 2.74. The molecule has 2 aromatic heterocycles. The van der Waals surface area contributed by atoms with E-state index in [1.54, 1.807) is 13.0 Å². The van der Waals surface area contributed by atoms with Gasteiger partial charge in [-0.15, -0.1) is 0 Å². The van der Waals surface area contributed by atoms with Gasteiger partial charge in [-0.05, 0) is 45.9 Å². The van der Waals surface area contributed by atoms with Gasteiger partial charge >= 0.3 is 0 Å². The number of amides is 1. The minimum Gasteiger partial charge on any atom is -0.490 e. The van der Waals surface area contributed by atoms with Gasteiger partial charge in [0.05, 0.1) is 18.2 Å². The topological polar surface area (TPSA) is 64.6 Å². The molecule has 1 N–H and O–H groups in total. The maximum Gasteiger partial charge on any atom is 0.255 e. The summed E-state index contributed by atoms with van der Waals surface area (Å²) in [5.74, 6) is 2.54. The number of ether oxygens (including phenoxy) is 1. The number of carbonyl (C=O) groups is 1. The molecule has 0 aliphatic carbocycles. The fourth-order valence-corrected chi connectivity index (χ4v) is 2.74. The summed E-state index contributed by atoms with van der Waals surface area (Å²) in [6, 6.07) is 9.16. The van der Waals surface area contributed by atoms with Crippen molar-refractivity contribution in [3.8, 4) is 5.75 Å². The normalized spacial score (nSPS) is 12.3. The van der Waals surface area contributed by atoms with Crippen LogP contribution in [0.25, 0.3) is 11.0 Å². The molecule has 0 saturated carbocycles. The first-order valence-corrected chi connectivity index (χ1v) is 8.02. The Morgan fingerprint density at radius 1 is 1.25 bits per heavy atom. The SMILES string of the molecule is CCOc1cccc2cc([C@H](C)NC(=O)c3cc(C)oc3C)oc12. The number of hydrogen-bond acceptors (Lipinski definition) is 4. The lowest BCUT2D eigenvalue weighted by molar-refractivity contribution is 0.0934. The zero-order valence-electron chi connectivity index (χ0n) is 14.3. The largest absolute Gasteiger partial charge is 0.490 e. The van der Waals surface area contributed by atoms with Crippen LogP contribution in [0.4, 0.5) is 0 Å². The van der Waals surface area contributed by atoms with E-state index in [4.69, 9.17) is 13.6 Å². The highest BCUT2D eigenvalue weighted by molar-refractivity contribution is 5.95. The Morgan fingerprint density at radius 3 is 2.71 bits per heavy atom. The van der Waals surface area contributed by atoms with E-state index >= 15 is 0 Å². The Balaban J connectivity index is 1.83.